The van der Waals surface area contributed by atoms with E-state index >= 15 is 0 Å². The molecule has 1 fully saturated rings. The van der Waals surface area contributed by atoms with Gasteiger partial charge < -0.3 is 19.5 Å². The molecule has 1 N–H and O–H groups in total. The second kappa shape index (κ2) is 15.5. The number of alkyl carbamates (subject to hydrolysis) is 1. The number of thioether (sulfide) groups is 1. The maximum atomic E-state index is 12.3. The molecule has 0 saturated carbocycles. The second-order valence-corrected chi connectivity index (χ2v) is 21.0. The molecule has 3 aromatic rings. The van der Waals surface area contributed by atoms with Gasteiger partial charge in [0.25, 0.3) is 0 Å². The summed E-state index contributed by atoms with van der Waals surface area (Å²) in [6, 6.07) is 6.40. The Bertz CT molecular complexity index is 1550. The standard InChI is InChI=1S/C36H55N5O4SSi/c1-24(2)47(25(3)4,26(5)6)19-17-31-29-20-28(15-16-32(29)41(39-31)33-14-12-13-18-43-33)30-22-38-40(23-46-11)34(30)44-27(7)21-37-35(42)45-36(8,9)10/h15-16,20,22,24-27,33H,12-14,18,21,23H2,1-11H3,(H,37,42)/t27-,33?/m0/s1. The van der Waals surface area contributed by atoms with E-state index in [-0.39, 0.29) is 12.3 Å². The van der Waals surface area contributed by atoms with E-state index < -0.39 is 19.8 Å². The highest BCUT2D eigenvalue weighted by molar-refractivity contribution is 7.97. The lowest BCUT2D eigenvalue weighted by atomic mass is 10.1. The molecule has 3 heterocycles. The van der Waals surface area contributed by atoms with Crippen LogP contribution in [-0.2, 0) is 15.4 Å². The number of carbonyl (C=O) groups is 1. The summed E-state index contributed by atoms with van der Waals surface area (Å²) in [7, 11) is -1.98. The van der Waals surface area contributed by atoms with Gasteiger partial charge in [-0.2, -0.15) is 10.2 Å². The number of aromatic nitrogens is 4. The summed E-state index contributed by atoms with van der Waals surface area (Å²) in [5.41, 5.74) is 8.55. The summed E-state index contributed by atoms with van der Waals surface area (Å²) >= 11 is 1.66. The molecule has 0 spiro atoms. The molecule has 4 rings (SSSR count). The molecule has 1 amide bonds. The minimum absolute atomic E-state index is 0.100. The lowest BCUT2D eigenvalue weighted by molar-refractivity contribution is -0.0367. The predicted molar refractivity (Wildman–Crippen MR) is 196 cm³/mol. The number of hydrogen-bond donors (Lipinski definition) is 1. The highest BCUT2D eigenvalue weighted by Crippen LogP contribution is 2.41. The Hall–Kier alpha value is -2.94. The third kappa shape index (κ3) is 8.56. The van der Waals surface area contributed by atoms with E-state index in [4.69, 9.17) is 19.3 Å². The molecule has 0 aliphatic carbocycles. The van der Waals surface area contributed by atoms with Gasteiger partial charge in [-0.15, -0.1) is 17.3 Å². The number of nitrogens with zero attached hydrogens (tertiary/aromatic N) is 4. The van der Waals surface area contributed by atoms with Gasteiger partial charge in [0.2, 0.25) is 5.88 Å². The summed E-state index contributed by atoms with van der Waals surface area (Å²) in [6.45, 7) is 22.5. The normalized spacial score (nSPS) is 16.4. The lowest BCUT2D eigenvalue weighted by Gasteiger charge is -2.38. The van der Waals surface area contributed by atoms with Gasteiger partial charge in [-0.05, 0) is 87.5 Å². The Morgan fingerprint density at radius 1 is 1.13 bits per heavy atom. The van der Waals surface area contributed by atoms with E-state index in [1.54, 1.807) is 11.8 Å². The number of benzene rings is 1. The van der Waals surface area contributed by atoms with Gasteiger partial charge in [-0.1, -0.05) is 53.5 Å². The largest absolute Gasteiger partial charge is 0.472 e. The number of hydrogen-bond acceptors (Lipinski definition) is 7. The third-order valence-electron chi connectivity index (χ3n) is 9.00. The molecule has 47 heavy (non-hydrogen) atoms. The van der Waals surface area contributed by atoms with Crippen LogP contribution in [0.4, 0.5) is 4.79 Å². The van der Waals surface area contributed by atoms with Crippen LogP contribution < -0.4 is 10.1 Å². The smallest absolute Gasteiger partial charge is 0.407 e. The Morgan fingerprint density at radius 2 is 1.83 bits per heavy atom. The Balaban J connectivity index is 1.77. The first-order chi connectivity index (χ1) is 22.2. The zero-order valence-corrected chi connectivity index (χ0v) is 32.1. The molecule has 11 heteroatoms. The second-order valence-electron chi connectivity index (χ2n) is 14.6. The molecule has 2 atom stereocenters. The average molecular weight is 682 g/mol. The monoisotopic (exact) mass is 681 g/mol. The van der Waals surface area contributed by atoms with Crippen molar-refractivity contribution in [3.8, 4) is 28.5 Å². The van der Waals surface area contributed by atoms with Crippen LogP contribution in [-0.4, -0.2) is 64.8 Å². The molecule has 0 bridgehead atoms. The number of nitrogens with one attached hydrogen (secondary N) is 1. The van der Waals surface area contributed by atoms with Gasteiger partial charge in [0.1, 0.15) is 25.5 Å². The number of fused-ring (bicyclic) bond motifs is 1. The van der Waals surface area contributed by atoms with Gasteiger partial charge >= 0.3 is 6.09 Å². The quantitative estimate of drug-likeness (QED) is 0.160. The number of amides is 1. The fraction of sp³-hybridized carbons (Fsp3) is 0.639. The van der Waals surface area contributed by atoms with E-state index in [1.165, 1.54) is 0 Å². The van der Waals surface area contributed by atoms with Crippen molar-refractivity contribution in [1.29, 1.82) is 0 Å². The molecule has 1 unspecified atom stereocenters. The summed E-state index contributed by atoms with van der Waals surface area (Å²) in [5, 5.41) is 13.6. The van der Waals surface area contributed by atoms with Crippen LogP contribution >= 0.6 is 11.8 Å². The van der Waals surface area contributed by atoms with Gasteiger partial charge in [0, 0.05) is 12.0 Å². The molecule has 1 saturated heterocycles. The summed E-state index contributed by atoms with van der Waals surface area (Å²) in [4.78, 5) is 12.3. The maximum absolute atomic E-state index is 12.3. The summed E-state index contributed by atoms with van der Waals surface area (Å²) in [6.07, 6.45) is 6.12. The van der Waals surface area contributed by atoms with Crippen LogP contribution in [0.1, 0.15) is 100 Å². The van der Waals surface area contributed by atoms with Crippen molar-refractivity contribution in [2.75, 3.05) is 19.4 Å². The van der Waals surface area contributed by atoms with Crippen molar-refractivity contribution in [3.05, 3.63) is 30.1 Å². The van der Waals surface area contributed by atoms with Crippen molar-refractivity contribution in [3.63, 3.8) is 0 Å². The van der Waals surface area contributed by atoms with E-state index in [1.807, 2.05) is 49.5 Å². The molecule has 0 radical (unpaired) electrons. The molecular weight excluding hydrogens is 627 g/mol. The number of rotatable bonds is 11. The molecule has 1 aliphatic heterocycles. The topological polar surface area (TPSA) is 92.4 Å². The predicted octanol–water partition coefficient (Wildman–Crippen LogP) is 8.78. The van der Waals surface area contributed by atoms with Crippen molar-refractivity contribution in [2.24, 2.45) is 0 Å². The van der Waals surface area contributed by atoms with Crippen molar-refractivity contribution in [1.82, 2.24) is 24.9 Å². The summed E-state index contributed by atoms with van der Waals surface area (Å²) in [5.74, 6) is 4.92. The van der Waals surface area contributed by atoms with Gasteiger partial charge in [0.05, 0.1) is 29.7 Å². The Morgan fingerprint density at radius 3 is 2.43 bits per heavy atom. The fourth-order valence-electron chi connectivity index (χ4n) is 6.82. The molecule has 9 nitrogen and oxygen atoms in total. The molecule has 2 aromatic heterocycles. The van der Waals surface area contributed by atoms with E-state index in [0.29, 0.717) is 34.9 Å². The fourth-order valence-corrected chi connectivity index (χ4v) is 12.5. The van der Waals surface area contributed by atoms with E-state index in [0.717, 1.165) is 53.6 Å². The first-order valence-electron chi connectivity index (χ1n) is 17.0. The van der Waals surface area contributed by atoms with Crippen LogP contribution in [0.25, 0.3) is 22.0 Å². The minimum atomic E-state index is -1.98. The Labute approximate surface area is 286 Å². The van der Waals surface area contributed by atoms with Crippen molar-refractivity contribution >= 4 is 36.8 Å². The zero-order chi connectivity index (χ0) is 34.5. The molecule has 1 aromatic carbocycles. The zero-order valence-electron chi connectivity index (χ0n) is 30.3. The van der Waals surface area contributed by atoms with Crippen LogP contribution in [0, 0.1) is 11.5 Å². The van der Waals surface area contributed by atoms with Gasteiger partial charge in [-0.25, -0.2) is 14.2 Å². The number of ether oxygens (including phenoxy) is 3. The Kier molecular flexibility index (Phi) is 12.2. The highest BCUT2D eigenvalue weighted by atomic mass is 32.2. The van der Waals surface area contributed by atoms with Crippen LogP contribution in [0.15, 0.2) is 24.4 Å². The lowest BCUT2D eigenvalue weighted by Crippen LogP contribution is -2.43. The maximum Gasteiger partial charge on any atom is 0.407 e. The molecular formula is C36H55N5O4SSi. The average Bonchev–Trinajstić information content (AvgIpc) is 3.56. The highest BCUT2D eigenvalue weighted by Gasteiger charge is 2.42. The number of carbonyl (C=O) groups excluding carboxylic acids is 1. The third-order valence-corrected chi connectivity index (χ3v) is 15.8. The van der Waals surface area contributed by atoms with Gasteiger partial charge in [0.15, 0.2) is 6.23 Å². The first kappa shape index (κ1) is 36.9. The minimum Gasteiger partial charge on any atom is -0.472 e. The molecule has 258 valence electrons. The molecule has 1 aliphatic rings. The summed E-state index contributed by atoms with van der Waals surface area (Å²) < 4.78 is 22.0. The van der Waals surface area contributed by atoms with Crippen LogP contribution in [0.3, 0.4) is 0 Å². The van der Waals surface area contributed by atoms with Gasteiger partial charge in [-0.3, -0.25) is 0 Å². The van der Waals surface area contributed by atoms with Crippen LogP contribution in [0.5, 0.6) is 5.88 Å². The van der Waals surface area contributed by atoms with Crippen LogP contribution in [0.2, 0.25) is 16.6 Å². The van der Waals surface area contributed by atoms with E-state index in [9.17, 15) is 4.79 Å². The first-order valence-corrected chi connectivity index (χ1v) is 20.7. The van der Waals surface area contributed by atoms with E-state index in [2.05, 4.69) is 81.6 Å². The van der Waals surface area contributed by atoms with Crippen molar-refractivity contribution in [2.45, 2.75) is 129 Å². The SMILES string of the molecule is CSCn1ncc(-c2ccc3c(c2)c(C#C[Si](C(C)C)(C(C)C)C(C)C)nn3C2CCCCO2)c1O[C@@H](C)CNC(=O)OC(C)(C)C. The van der Waals surface area contributed by atoms with Crippen molar-refractivity contribution < 1.29 is 19.0 Å².